The number of hydrogen-bond acceptors (Lipinski definition) is 4. The van der Waals surface area contributed by atoms with Crippen LogP contribution >= 0.6 is 23.2 Å². The Morgan fingerprint density at radius 1 is 0.951 bits per heavy atom. The maximum atomic E-state index is 14.1. The summed E-state index contributed by atoms with van der Waals surface area (Å²) in [6.07, 6.45) is 0.819. The van der Waals surface area contributed by atoms with E-state index < -0.39 is 34.1 Å². The third kappa shape index (κ3) is 8.71. The van der Waals surface area contributed by atoms with Crippen LogP contribution in [0.1, 0.15) is 45.2 Å². The largest absolute Gasteiger partial charge is 0.350 e. The number of rotatable bonds is 11. The second kappa shape index (κ2) is 13.7. The number of amides is 2. The van der Waals surface area contributed by atoms with Gasteiger partial charge in [-0.2, -0.15) is 0 Å². The average Bonchev–Trinajstić information content (AvgIpc) is 2.90. The monoisotopic (exact) mass is 617 g/mol. The van der Waals surface area contributed by atoms with Crippen LogP contribution < -0.4 is 9.62 Å². The first-order valence-electron chi connectivity index (χ1n) is 13.4. The number of nitrogens with one attached hydrogen (secondary N) is 1. The molecule has 10 heteroatoms. The first kappa shape index (κ1) is 32.4. The van der Waals surface area contributed by atoms with E-state index in [2.05, 4.69) is 5.32 Å². The predicted octanol–water partition coefficient (Wildman–Crippen LogP) is 6.26. The van der Waals surface area contributed by atoms with Crippen LogP contribution in [-0.2, 0) is 26.0 Å². The van der Waals surface area contributed by atoms with E-state index in [-0.39, 0.29) is 33.1 Å². The number of anilines is 1. The zero-order valence-corrected chi connectivity index (χ0v) is 26.4. The molecule has 1 unspecified atom stereocenters. The van der Waals surface area contributed by atoms with Crippen LogP contribution in [0.4, 0.5) is 5.69 Å². The predicted molar refractivity (Wildman–Crippen MR) is 166 cm³/mol. The fourth-order valence-corrected chi connectivity index (χ4v) is 6.24. The van der Waals surface area contributed by atoms with Crippen molar-refractivity contribution in [2.24, 2.45) is 0 Å². The fraction of sp³-hybridized carbons (Fsp3) is 0.355. The highest BCUT2D eigenvalue weighted by Crippen LogP contribution is 2.33. The van der Waals surface area contributed by atoms with Gasteiger partial charge in [0.15, 0.2) is 0 Å². The van der Waals surface area contributed by atoms with Gasteiger partial charge >= 0.3 is 0 Å². The van der Waals surface area contributed by atoms with E-state index in [1.165, 1.54) is 29.2 Å². The summed E-state index contributed by atoms with van der Waals surface area (Å²) in [5.41, 5.74) is 1.42. The number of sulfonamides is 1. The summed E-state index contributed by atoms with van der Waals surface area (Å²) in [6, 6.07) is 19.6. The van der Waals surface area contributed by atoms with Crippen LogP contribution in [0.2, 0.25) is 10.0 Å². The molecular weight excluding hydrogens is 581 g/mol. The molecule has 1 atom stereocenters. The van der Waals surface area contributed by atoms with Gasteiger partial charge in [-0.1, -0.05) is 78.2 Å². The lowest BCUT2D eigenvalue weighted by molar-refractivity contribution is -0.140. The van der Waals surface area contributed by atoms with Crippen LogP contribution in [-0.4, -0.2) is 49.8 Å². The first-order valence-corrected chi connectivity index (χ1v) is 15.6. The summed E-state index contributed by atoms with van der Waals surface area (Å²) >= 11 is 12.7. The number of nitrogens with zero attached hydrogens (tertiary/aromatic N) is 2. The molecule has 0 aliphatic heterocycles. The topological polar surface area (TPSA) is 86.8 Å². The lowest BCUT2D eigenvalue weighted by Gasteiger charge is -2.35. The maximum absolute atomic E-state index is 14.1. The fourth-order valence-electron chi connectivity index (χ4n) is 4.38. The van der Waals surface area contributed by atoms with Gasteiger partial charge in [-0.15, -0.1) is 0 Å². The molecule has 0 aliphatic rings. The molecule has 7 nitrogen and oxygen atoms in total. The number of carbonyl (C=O) groups is 2. The van der Waals surface area contributed by atoms with Gasteiger partial charge in [0.2, 0.25) is 11.8 Å². The summed E-state index contributed by atoms with van der Waals surface area (Å²) in [5.74, 6) is -0.848. The van der Waals surface area contributed by atoms with Gasteiger partial charge in [-0.3, -0.25) is 13.9 Å². The van der Waals surface area contributed by atoms with E-state index >= 15 is 0 Å². The molecule has 41 heavy (non-hydrogen) atoms. The molecular formula is C31H37Cl2N3O4S. The van der Waals surface area contributed by atoms with Crippen LogP contribution in [0.3, 0.4) is 0 Å². The smallest absolute Gasteiger partial charge is 0.264 e. The molecule has 0 heterocycles. The molecule has 3 rings (SSSR count). The molecule has 3 aromatic carbocycles. The minimum Gasteiger partial charge on any atom is -0.350 e. The molecule has 0 saturated carbocycles. The van der Waals surface area contributed by atoms with Gasteiger partial charge in [0.1, 0.15) is 12.6 Å². The van der Waals surface area contributed by atoms with Crippen molar-refractivity contribution in [1.82, 2.24) is 10.2 Å². The number of halogens is 2. The van der Waals surface area contributed by atoms with E-state index in [4.69, 9.17) is 23.2 Å². The molecule has 220 valence electrons. The Morgan fingerprint density at radius 2 is 1.59 bits per heavy atom. The normalized spacial score (nSPS) is 12.5. The van der Waals surface area contributed by atoms with E-state index in [0.29, 0.717) is 12.8 Å². The van der Waals surface area contributed by atoms with Crippen molar-refractivity contribution in [2.75, 3.05) is 17.4 Å². The Labute approximate surface area is 253 Å². The van der Waals surface area contributed by atoms with Crippen LogP contribution in [0.15, 0.2) is 77.7 Å². The van der Waals surface area contributed by atoms with Crippen molar-refractivity contribution in [2.45, 2.75) is 63.9 Å². The highest BCUT2D eigenvalue weighted by Gasteiger charge is 2.35. The average molecular weight is 619 g/mol. The lowest BCUT2D eigenvalue weighted by Crippen LogP contribution is -2.56. The van der Waals surface area contributed by atoms with E-state index in [1.807, 2.05) is 65.0 Å². The van der Waals surface area contributed by atoms with Crippen LogP contribution in [0.25, 0.3) is 0 Å². The Morgan fingerprint density at radius 3 is 2.17 bits per heavy atom. The van der Waals surface area contributed by atoms with Crippen molar-refractivity contribution in [3.8, 4) is 0 Å². The minimum atomic E-state index is -4.25. The zero-order chi connectivity index (χ0) is 30.4. The van der Waals surface area contributed by atoms with Gasteiger partial charge in [-0.05, 0) is 76.4 Å². The molecule has 3 aromatic rings. The van der Waals surface area contributed by atoms with Crippen LogP contribution in [0, 0.1) is 6.92 Å². The second-order valence-corrected chi connectivity index (χ2v) is 13.6. The molecule has 0 aliphatic carbocycles. The quantitative estimate of drug-likeness (QED) is 0.275. The maximum Gasteiger partial charge on any atom is 0.264 e. The summed E-state index contributed by atoms with van der Waals surface area (Å²) in [7, 11) is -4.25. The lowest BCUT2D eigenvalue weighted by atomic mass is 10.1. The van der Waals surface area contributed by atoms with Crippen molar-refractivity contribution >= 4 is 50.7 Å². The summed E-state index contributed by atoms with van der Waals surface area (Å²) in [6.45, 7) is 8.90. The highest BCUT2D eigenvalue weighted by molar-refractivity contribution is 7.92. The summed E-state index contributed by atoms with van der Waals surface area (Å²) in [4.78, 5) is 29.0. The number of carbonyl (C=O) groups excluding carboxylic acids is 2. The van der Waals surface area contributed by atoms with Gasteiger partial charge in [-0.25, -0.2) is 8.42 Å². The molecule has 2 amide bonds. The second-order valence-electron chi connectivity index (χ2n) is 10.9. The third-order valence-corrected chi connectivity index (χ3v) is 8.76. The van der Waals surface area contributed by atoms with Crippen molar-refractivity contribution in [1.29, 1.82) is 0 Å². The third-order valence-electron chi connectivity index (χ3n) is 6.43. The molecule has 0 saturated heterocycles. The first-order chi connectivity index (χ1) is 19.2. The number of benzene rings is 3. The van der Waals surface area contributed by atoms with Crippen molar-refractivity contribution < 1.29 is 18.0 Å². The van der Waals surface area contributed by atoms with Crippen LogP contribution in [0.5, 0.6) is 0 Å². The van der Waals surface area contributed by atoms with Crippen molar-refractivity contribution in [3.05, 3.63) is 94.0 Å². The van der Waals surface area contributed by atoms with Gasteiger partial charge in [0, 0.05) is 17.1 Å². The highest BCUT2D eigenvalue weighted by atomic mass is 35.5. The Balaban J connectivity index is 2.06. The molecule has 0 aromatic heterocycles. The standard InChI is InChI=1S/C31H37Cl2N3O4S/c1-6-27(30(38)34-31(3,4)5)35(19-18-23-10-8-7-9-11-23)29(37)21-36(28-20-24(32)14-17-26(28)33)41(39,40)25-15-12-22(2)13-16-25/h7-17,20,27H,6,18-19,21H2,1-5H3,(H,34,38). The number of aryl methyl sites for hydroxylation is 1. The number of hydrogen-bond donors (Lipinski definition) is 1. The van der Waals surface area contributed by atoms with Gasteiger partial charge < -0.3 is 10.2 Å². The Hall–Kier alpha value is -3.07. The Kier molecular flexibility index (Phi) is 10.9. The minimum absolute atomic E-state index is 0.000273. The molecule has 0 bridgehead atoms. The van der Waals surface area contributed by atoms with E-state index in [9.17, 15) is 18.0 Å². The summed E-state index contributed by atoms with van der Waals surface area (Å²) < 4.78 is 28.9. The summed E-state index contributed by atoms with van der Waals surface area (Å²) in [5, 5.41) is 3.34. The molecule has 0 radical (unpaired) electrons. The van der Waals surface area contributed by atoms with Crippen molar-refractivity contribution in [3.63, 3.8) is 0 Å². The molecule has 0 fully saturated rings. The van der Waals surface area contributed by atoms with E-state index in [1.54, 1.807) is 18.2 Å². The Bertz CT molecular complexity index is 1460. The molecule has 1 N–H and O–H groups in total. The van der Waals surface area contributed by atoms with E-state index in [0.717, 1.165) is 15.4 Å². The molecule has 0 spiro atoms. The van der Waals surface area contributed by atoms with Gasteiger partial charge in [0.05, 0.1) is 15.6 Å². The zero-order valence-electron chi connectivity index (χ0n) is 24.0. The van der Waals surface area contributed by atoms with Gasteiger partial charge in [0.25, 0.3) is 10.0 Å². The SMILES string of the molecule is CCC(C(=O)NC(C)(C)C)N(CCc1ccccc1)C(=O)CN(c1cc(Cl)ccc1Cl)S(=O)(=O)c1ccc(C)cc1.